The van der Waals surface area contributed by atoms with Gasteiger partial charge in [-0.15, -0.1) is 0 Å². The first-order chi connectivity index (χ1) is 6.68. The van der Waals surface area contributed by atoms with E-state index in [0.717, 1.165) is 17.5 Å². The first-order valence-corrected chi connectivity index (χ1v) is 5.11. The van der Waals surface area contributed by atoms with Crippen LogP contribution in [0.25, 0.3) is 0 Å². The van der Waals surface area contributed by atoms with Gasteiger partial charge in [0.25, 0.3) is 0 Å². The number of rotatable bonds is 2. The zero-order valence-electron chi connectivity index (χ0n) is 8.60. The van der Waals surface area contributed by atoms with Gasteiger partial charge in [0, 0.05) is 5.56 Å². The first-order valence-electron chi connectivity index (χ1n) is 5.11. The summed E-state index contributed by atoms with van der Waals surface area (Å²) in [6.07, 6.45) is 0.310. The Balaban J connectivity index is 2.25. The Morgan fingerprint density at radius 1 is 1.29 bits per heavy atom. The van der Waals surface area contributed by atoms with Gasteiger partial charge in [-0.25, -0.2) is 0 Å². The van der Waals surface area contributed by atoms with E-state index in [1.807, 2.05) is 24.3 Å². The molecular formula is C12H16O2. The summed E-state index contributed by atoms with van der Waals surface area (Å²) in [6.45, 7) is 4.33. The van der Waals surface area contributed by atoms with Crippen LogP contribution in [0.5, 0.6) is 0 Å². The van der Waals surface area contributed by atoms with E-state index in [-0.39, 0.29) is 6.10 Å². The summed E-state index contributed by atoms with van der Waals surface area (Å²) in [7, 11) is 0. The van der Waals surface area contributed by atoms with Crippen LogP contribution in [0.15, 0.2) is 24.3 Å². The van der Waals surface area contributed by atoms with Crippen molar-refractivity contribution in [3.05, 3.63) is 35.4 Å². The molecule has 2 rings (SSSR count). The van der Waals surface area contributed by atoms with Crippen LogP contribution in [0.3, 0.4) is 0 Å². The molecule has 0 amide bonds. The van der Waals surface area contributed by atoms with Gasteiger partial charge in [0.1, 0.15) is 0 Å². The average Bonchev–Trinajstić information content (AvgIpc) is 2.44. The lowest BCUT2D eigenvalue weighted by Crippen LogP contribution is -2.01. The van der Waals surface area contributed by atoms with Crippen molar-refractivity contribution in [2.24, 2.45) is 5.92 Å². The molecule has 0 saturated heterocycles. The van der Waals surface area contributed by atoms with Crippen LogP contribution in [0.4, 0.5) is 0 Å². The lowest BCUT2D eigenvalue weighted by molar-refractivity contribution is -0.125. The quantitative estimate of drug-likeness (QED) is 0.780. The molecule has 0 aromatic heterocycles. The van der Waals surface area contributed by atoms with Crippen LogP contribution < -0.4 is 0 Å². The van der Waals surface area contributed by atoms with E-state index in [4.69, 9.17) is 4.74 Å². The van der Waals surface area contributed by atoms with Gasteiger partial charge in [0.15, 0.2) is 6.29 Å². The summed E-state index contributed by atoms with van der Waals surface area (Å²) in [5, 5.41) is 9.64. The highest BCUT2D eigenvalue weighted by Crippen LogP contribution is 2.40. The number of ether oxygens (including phenoxy) is 1. The fourth-order valence-corrected chi connectivity index (χ4v) is 1.94. The molecule has 1 heterocycles. The zero-order valence-corrected chi connectivity index (χ0v) is 8.60. The molecule has 0 aliphatic carbocycles. The van der Waals surface area contributed by atoms with Gasteiger partial charge in [0.05, 0.1) is 6.10 Å². The van der Waals surface area contributed by atoms with E-state index in [1.165, 1.54) is 0 Å². The Hall–Kier alpha value is -0.860. The monoisotopic (exact) mass is 192 g/mol. The van der Waals surface area contributed by atoms with Crippen molar-refractivity contribution in [1.29, 1.82) is 0 Å². The van der Waals surface area contributed by atoms with Gasteiger partial charge < -0.3 is 9.84 Å². The minimum Gasteiger partial charge on any atom is -0.364 e. The largest absolute Gasteiger partial charge is 0.364 e. The van der Waals surface area contributed by atoms with Crippen molar-refractivity contribution in [2.45, 2.75) is 32.7 Å². The molecule has 1 aromatic rings. The molecule has 76 valence electrons. The molecule has 0 bridgehead atoms. The average molecular weight is 192 g/mol. The summed E-state index contributed by atoms with van der Waals surface area (Å²) < 4.78 is 5.50. The van der Waals surface area contributed by atoms with Crippen LogP contribution >= 0.6 is 0 Å². The Morgan fingerprint density at radius 3 is 2.57 bits per heavy atom. The predicted octanol–water partition coefficient (Wildman–Crippen LogP) is 2.79. The van der Waals surface area contributed by atoms with Crippen LogP contribution in [0, 0.1) is 5.92 Å². The maximum absolute atomic E-state index is 9.64. The maximum atomic E-state index is 9.64. The van der Waals surface area contributed by atoms with E-state index in [0.29, 0.717) is 5.92 Å². The number of aliphatic hydroxyl groups excluding tert-OH is 1. The number of fused-ring (bicyclic) bond motifs is 1. The Morgan fingerprint density at radius 2 is 1.93 bits per heavy atom. The fraction of sp³-hybridized carbons (Fsp3) is 0.500. The summed E-state index contributed by atoms with van der Waals surface area (Å²) >= 11 is 0. The Bertz CT molecular complexity index is 318. The Labute approximate surface area is 84.5 Å². The van der Waals surface area contributed by atoms with E-state index in [2.05, 4.69) is 13.8 Å². The number of hydrogen-bond acceptors (Lipinski definition) is 2. The van der Waals surface area contributed by atoms with Gasteiger partial charge in [-0.3, -0.25) is 0 Å². The summed E-state index contributed by atoms with van der Waals surface area (Å²) in [6, 6.07) is 7.90. The number of hydrogen-bond donors (Lipinski definition) is 1. The molecule has 2 heteroatoms. The summed E-state index contributed by atoms with van der Waals surface area (Å²) in [4.78, 5) is 0. The van der Waals surface area contributed by atoms with Crippen LogP contribution in [-0.4, -0.2) is 5.11 Å². The van der Waals surface area contributed by atoms with Crippen LogP contribution in [0.1, 0.15) is 43.8 Å². The van der Waals surface area contributed by atoms with Gasteiger partial charge >= 0.3 is 0 Å². The van der Waals surface area contributed by atoms with Crippen LogP contribution in [0.2, 0.25) is 0 Å². The molecule has 2 nitrogen and oxygen atoms in total. The fourth-order valence-electron chi connectivity index (χ4n) is 1.94. The molecule has 14 heavy (non-hydrogen) atoms. The second kappa shape index (κ2) is 3.71. The second-order valence-corrected chi connectivity index (χ2v) is 4.24. The molecule has 0 spiro atoms. The lowest BCUT2D eigenvalue weighted by atomic mass is 9.98. The molecular weight excluding hydrogens is 176 g/mol. The molecule has 0 radical (unpaired) electrons. The van der Waals surface area contributed by atoms with Crippen molar-refractivity contribution in [3.8, 4) is 0 Å². The van der Waals surface area contributed by atoms with Crippen molar-refractivity contribution >= 4 is 0 Å². The van der Waals surface area contributed by atoms with Gasteiger partial charge in [-0.2, -0.15) is 0 Å². The van der Waals surface area contributed by atoms with Gasteiger partial charge in [0.2, 0.25) is 0 Å². The predicted molar refractivity (Wildman–Crippen MR) is 54.7 cm³/mol. The van der Waals surface area contributed by atoms with Crippen molar-refractivity contribution < 1.29 is 9.84 Å². The number of benzene rings is 1. The van der Waals surface area contributed by atoms with E-state index in [1.54, 1.807) is 0 Å². The van der Waals surface area contributed by atoms with E-state index in [9.17, 15) is 5.11 Å². The SMILES string of the molecule is CC(C)CC1OC(O)c2ccccc21. The highest BCUT2D eigenvalue weighted by Gasteiger charge is 2.29. The second-order valence-electron chi connectivity index (χ2n) is 4.24. The molecule has 2 unspecified atom stereocenters. The highest BCUT2D eigenvalue weighted by atomic mass is 16.6. The number of aliphatic hydroxyl groups is 1. The third kappa shape index (κ3) is 1.68. The molecule has 1 N–H and O–H groups in total. The Kier molecular flexibility index (Phi) is 2.57. The third-order valence-electron chi connectivity index (χ3n) is 2.59. The van der Waals surface area contributed by atoms with Crippen molar-refractivity contribution in [1.82, 2.24) is 0 Å². The van der Waals surface area contributed by atoms with Crippen molar-refractivity contribution in [2.75, 3.05) is 0 Å². The minimum absolute atomic E-state index is 0.0706. The minimum atomic E-state index is -0.727. The van der Waals surface area contributed by atoms with E-state index >= 15 is 0 Å². The third-order valence-corrected chi connectivity index (χ3v) is 2.59. The normalized spacial score (nSPS) is 25.4. The zero-order chi connectivity index (χ0) is 10.1. The first kappa shape index (κ1) is 9.69. The molecule has 1 aromatic carbocycles. The van der Waals surface area contributed by atoms with Crippen molar-refractivity contribution in [3.63, 3.8) is 0 Å². The molecule has 1 aliphatic heterocycles. The van der Waals surface area contributed by atoms with Crippen LogP contribution in [-0.2, 0) is 4.74 Å². The molecule has 0 saturated carbocycles. The van der Waals surface area contributed by atoms with Gasteiger partial charge in [-0.05, 0) is 17.9 Å². The summed E-state index contributed by atoms with van der Waals surface area (Å²) in [5.74, 6) is 0.582. The summed E-state index contributed by atoms with van der Waals surface area (Å²) in [5.41, 5.74) is 2.08. The van der Waals surface area contributed by atoms with E-state index < -0.39 is 6.29 Å². The molecule has 0 fully saturated rings. The lowest BCUT2D eigenvalue weighted by Gasteiger charge is -2.13. The molecule has 1 aliphatic rings. The highest BCUT2D eigenvalue weighted by molar-refractivity contribution is 5.33. The smallest absolute Gasteiger partial charge is 0.182 e. The van der Waals surface area contributed by atoms with Gasteiger partial charge in [-0.1, -0.05) is 38.1 Å². The standard InChI is InChI=1S/C12H16O2/c1-8(2)7-11-9-5-3-4-6-10(9)12(13)14-11/h3-6,8,11-13H,7H2,1-2H3. The maximum Gasteiger partial charge on any atom is 0.182 e. The topological polar surface area (TPSA) is 29.5 Å². The molecule has 2 atom stereocenters.